The number of amides is 2. The largest absolute Gasteiger partial charge is 0.354 e. The molecule has 0 fully saturated rings. The van der Waals surface area contributed by atoms with Gasteiger partial charge in [-0.05, 0) is 18.2 Å². The van der Waals surface area contributed by atoms with E-state index in [4.69, 9.17) is 0 Å². The monoisotopic (exact) mass is 272 g/mol. The fourth-order valence-electron chi connectivity index (χ4n) is 1.68. The first-order chi connectivity index (χ1) is 9.75. The van der Waals surface area contributed by atoms with Gasteiger partial charge in [0, 0.05) is 30.4 Å². The zero-order chi connectivity index (χ0) is 14.2. The van der Waals surface area contributed by atoms with Gasteiger partial charge in [-0.25, -0.2) is 0 Å². The van der Waals surface area contributed by atoms with Crippen LogP contribution in [0.2, 0.25) is 0 Å². The van der Waals surface area contributed by atoms with Crippen molar-refractivity contribution in [3.8, 4) is 0 Å². The maximum absolute atomic E-state index is 11.7. The number of carbonyl (C=O) groups is 2. The molecular formula is C14H16N4O2. The normalized spacial score (nSPS) is 10.0. The smallest absolute Gasteiger partial charge is 0.251 e. The Morgan fingerprint density at radius 2 is 1.90 bits per heavy atom. The summed E-state index contributed by atoms with van der Waals surface area (Å²) >= 11 is 0. The summed E-state index contributed by atoms with van der Waals surface area (Å²) < 4.78 is 0. The van der Waals surface area contributed by atoms with Crippen LogP contribution >= 0.6 is 0 Å². The van der Waals surface area contributed by atoms with Crippen molar-refractivity contribution in [1.29, 1.82) is 0 Å². The average molecular weight is 272 g/mol. The van der Waals surface area contributed by atoms with Gasteiger partial charge >= 0.3 is 0 Å². The van der Waals surface area contributed by atoms with Gasteiger partial charge in [-0.2, -0.15) is 5.10 Å². The fraction of sp³-hybridized carbons (Fsp3) is 0.214. The Kier molecular flexibility index (Phi) is 4.88. The molecule has 0 saturated carbocycles. The lowest BCUT2D eigenvalue weighted by Crippen LogP contribution is -2.37. The molecule has 1 aromatic heterocycles. The van der Waals surface area contributed by atoms with Gasteiger partial charge in [0.1, 0.15) is 0 Å². The van der Waals surface area contributed by atoms with Crippen LogP contribution in [0.1, 0.15) is 16.1 Å². The zero-order valence-corrected chi connectivity index (χ0v) is 10.9. The molecule has 6 heteroatoms. The number of nitrogens with one attached hydrogen (secondary N) is 3. The number of aromatic amines is 1. The summed E-state index contributed by atoms with van der Waals surface area (Å²) in [6, 6.07) is 10.6. The predicted molar refractivity (Wildman–Crippen MR) is 74.1 cm³/mol. The Balaban J connectivity index is 1.66. The van der Waals surface area contributed by atoms with E-state index in [0.29, 0.717) is 18.5 Å². The van der Waals surface area contributed by atoms with Crippen molar-refractivity contribution in [2.45, 2.75) is 6.42 Å². The fourth-order valence-corrected chi connectivity index (χ4v) is 1.68. The van der Waals surface area contributed by atoms with E-state index < -0.39 is 0 Å². The molecule has 1 heterocycles. The third-order valence-electron chi connectivity index (χ3n) is 2.72. The van der Waals surface area contributed by atoms with E-state index >= 15 is 0 Å². The van der Waals surface area contributed by atoms with Crippen LogP contribution in [0.25, 0.3) is 0 Å². The number of rotatable bonds is 6. The number of aromatic nitrogens is 2. The van der Waals surface area contributed by atoms with Gasteiger partial charge < -0.3 is 10.6 Å². The van der Waals surface area contributed by atoms with Crippen molar-refractivity contribution in [3.05, 3.63) is 53.9 Å². The van der Waals surface area contributed by atoms with Gasteiger partial charge in [0.25, 0.3) is 5.91 Å². The molecule has 0 radical (unpaired) electrons. The summed E-state index contributed by atoms with van der Waals surface area (Å²) in [7, 11) is 0. The number of hydrogen-bond donors (Lipinski definition) is 3. The second-order valence-electron chi connectivity index (χ2n) is 4.23. The van der Waals surface area contributed by atoms with E-state index in [1.165, 1.54) is 0 Å². The lowest BCUT2D eigenvalue weighted by Gasteiger charge is -2.06. The molecule has 2 amide bonds. The van der Waals surface area contributed by atoms with Crippen LogP contribution in [-0.2, 0) is 11.2 Å². The zero-order valence-electron chi connectivity index (χ0n) is 10.9. The molecule has 0 spiro atoms. The molecule has 20 heavy (non-hydrogen) atoms. The van der Waals surface area contributed by atoms with Gasteiger partial charge in [0.15, 0.2) is 0 Å². The molecule has 0 bridgehead atoms. The van der Waals surface area contributed by atoms with Crippen LogP contribution in [0.4, 0.5) is 0 Å². The Bertz CT molecular complexity index is 552. The van der Waals surface area contributed by atoms with Gasteiger partial charge in [-0.1, -0.05) is 18.2 Å². The molecule has 1 aromatic carbocycles. The summed E-state index contributed by atoms with van der Waals surface area (Å²) in [5, 5.41) is 11.9. The third kappa shape index (κ3) is 4.24. The van der Waals surface area contributed by atoms with E-state index in [0.717, 1.165) is 5.69 Å². The molecule has 0 aliphatic heterocycles. The molecule has 104 valence electrons. The van der Waals surface area contributed by atoms with E-state index in [1.54, 1.807) is 30.5 Å². The number of H-pyrrole nitrogens is 1. The molecule has 0 saturated heterocycles. The Labute approximate surface area is 116 Å². The van der Waals surface area contributed by atoms with E-state index in [-0.39, 0.29) is 18.4 Å². The van der Waals surface area contributed by atoms with Gasteiger partial charge in [0.05, 0.1) is 6.54 Å². The van der Waals surface area contributed by atoms with Crippen molar-refractivity contribution in [2.24, 2.45) is 0 Å². The minimum absolute atomic E-state index is 0.0310. The van der Waals surface area contributed by atoms with Crippen LogP contribution in [-0.4, -0.2) is 35.1 Å². The van der Waals surface area contributed by atoms with Crippen LogP contribution in [0, 0.1) is 0 Å². The Hall–Kier alpha value is -2.63. The predicted octanol–water partition coefficient (Wildman–Crippen LogP) is 0.498. The minimum Gasteiger partial charge on any atom is -0.354 e. The first kappa shape index (κ1) is 13.8. The summed E-state index contributed by atoms with van der Waals surface area (Å²) in [4.78, 5) is 23.3. The lowest BCUT2D eigenvalue weighted by atomic mass is 10.2. The van der Waals surface area contributed by atoms with Gasteiger partial charge in [-0.15, -0.1) is 0 Å². The molecule has 0 aliphatic rings. The number of nitrogens with zero attached hydrogens (tertiary/aromatic N) is 1. The summed E-state index contributed by atoms with van der Waals surface area (Å²) in [6.07, 6.45) is 2.34. The second-order valence-corrected chi connectivity index (χ2v) is 4.23. The molecule has 0 atom stereocenters. The molecule has 2 aromatic rings. The second kappa shape index (κ2) is 7.08. The van der Waals surface area contributed by atoms with Crippen molar-refractivity contribution >= 4 is 11.8 Å². The molecule has 2 rings (SSSR count). The average Bonchev–Trinajstić information content (AvgIpc) is 2.99. The number of hydrogen-bond acceptors (Lipinski definition) is 3. The molecule has 3 N–H and O–H groups in total. The highest BCUT2D eigenvalue weighted by Gasteiger charge is 2.06. The Morgan fingerprint density at radius 1 is 1.10 bits per heavy atom. The van der Waals surface area contributed by atoms with Gasteiger partial charge in [-0.3, -0.25) is 14.7 Å². The van der Waals surface area contributed by atoms with E-state index in [1.807, 2.05) is 12.1 Å². The molecule has 6 nitrogen and oxygen atoms in total. The van der Waals surface area contributed by atoms with Crippen molar-refractivity contribution < 1.29 is 9.59 Å². The summed E-state index contributed by atoms with van der Waals surface area (Å²) in [6.45, 7) is 0.471. The quantitative estimate of drug-likeness (QED) is 0.715. The number of carbonyl (C=O) groups excluding carboxylic acids is 2. The van der Waals surface area contributed by atoms with Crippen molar-refractivity contribution in [3.63, 3.8) is 0 Å². The maximum atomic E-state index is 11.7. The molecular weight excluding hydrogens is 256 g/mol. The van der Waals surface area contributed by atoms with Crippen molar-refractivity contribution in [1.82, 2.24) is 20.8 Å². The highest BCUT2D eigenvalue weighted by atomic mass is 16.2. The minimum atomic E-state index is -0.255. The molecule has 0 aliphatic carbocycles. The third-order valence-corrected chi connectivity index (χ3v) is 2.72. The van der Waals surface area contributed by atoms with E-state index in [9.17, 15) is 9.59 Å². The summed E-state index contributed by atoms with van der Waals surface area (Å²) in [5.74, 6) is -0.469. The van der Waals surface area contributed by atoms with Crippen LogP contribution in [0.5, 0.6) is 0 Å². The first-order valence-corrected chi connectivity index (χ1v) is 6.34. The first-order valence-electron chi connectivity index (χ1n) is 6.34. The topological polar surface area (TPSA) is 86.9 Å². The van der Waals surface area contributed by atoms with Crippen LogP contribution in [0.15, 0.2) is 42.6 Å². The summed E-state index contributed by atoms with van der Waals surface area (Å²) in [5.41, 5.74) is 1.50. The highest BCUT2D eigenvalue weighted by Crippen LogP contribution is 1.97. The molecule has 0 unspecified atom stereocenters. The van der Waals surface area contributed by atoms with E-state index in [2.05, 4.69) is 20.8 Å². The maximum Gasteiger partial charge on any atom is 0.251 e. The number of benzene rings is 1. The van der Waals surface area contributed by atoms with Crippen LogP contribution in [0.3, 0.4) is 0 Å². The van der Waals surface area contributed by atoms with Crippen molar-refractivity contribution in [2.75, 3.05) is 13.1 Å². The lowest BCUT2D eigenvalue weighted by molar-refractivity contribution is -0.120. The van der Waals surface area contributed by atoms with Gasteiger partial charge in [0.2, 0.25) is 5.91 Å². The standard InChI is InChI=1S/C14H16N4O2/c19-13(15-8-6-12-7-9-17-18-12)10-16-14(20)11-4-2-1-3-5-11/h1-5,7,9H,6,8,10H2,(H,15,19)(H,16,20)(H,17,18). The van der Waals surface area contributed by atoms with Crippen LogP contribution < -0.4 is 10.6 Å². The highest BCUT2D eigenvalue weighted by molar-refractivity contribution is 5.96. The SMILES string of the molecule is O=C(CNC(=O)c1ccccc1)NCCc1ccn[nH]1. The Morgan fingerprint density at radius 3 is 2.60 bits per heavy atom.